The van der Waals surface area contributed by atoms with E-state index in [0.29, 0.717) is 19.6 Å². The van der Waals surface area contributed by atoms with E-state index in [1.165, 1.54) is 0 Å². The molecule has 2 heterocycles. The van der Waals surface area contributed by atoms with E-state index in [4.69, 9.17) is 18.9 Å². The predicted molar refractivity (Wildman–Crippen MR) is 107 cm³/mol. The third kappa shape index (κ3) is 5.71. The molecule has 0 radical (unpaired) electrons. The fourth-order valence-electron chi connectivity index (χ4n) is 3.41. The van der Waals surface area contributed by atoms with E-state index in [1.807, 2.05) is 55.5 Å². The van der Waals surface area contributed by atoms with Crippen molar-refractivity contribution in [3.05, 3.63) is 59.7 Å². The first-order valence-electron chi connectivity index (χ1n) is 9.90. The predicted octanol–water partition coefficient (Wildman–Crippen LogP) is 3.22. The molecule has 3 unspecified atom stereocenters. The number of hydrogen-bond acceptors (Lipinski definition) is 5. The standard InChI is InChI=1S/C23H26O6/c1-23(11-22(24)25,17-4-8-19(9-5-17)27-13-21-15-29-21)10-16-2-6-18(7-3-16)26-12-20-14-28-20/h2-9,20-21H,10-15H2,1H3,(H,24,25). The highest BCUT2D eigenvalue weighted by Crippen LogP contribution is 2.33. The molecule has 3 atom stereocenters. The van der Waals surface area contributed by atoms with Crippen LogP contribution < -0.4 is 9.47 Å². The summed E-state index contributed by atoms with van der Waals surface area (Å²) in [5.41, 5.74) is 1.50. The second-order valence-corrected chi connectivity index (χ2v) is 8.01. The minimum absolute atomic E-state index is 0.0421. The molecule has 6 heteroatoms. The lowest BCUT2D eigenvalue weighted by molar-refractivity contribution is -0.138. The maximum absolute atomic E-state index is 11.6. The summed E-state index contributed by atoms with van der Waals surface area (Å²) in [7, 11) is 0. The number of aliphatic carboxylic acids is 1. The first kappa shape index (κ1) is 19.7. The number of benzene rings is 2. The summed E-state index contributed by atoms with van der Waals surface area (Å²) in [6.45, 7) is 4.63. The molecular formula is C23H26O6. The Morgan fingerprint density at radius 3 is 1.90 bits per heavy atom. The van der Waals surface area contributed by atoms with Crippen LogP contribution in [0.15, 0.2) is 48.5 Å². The van der Waals surface area contributed by atoms with Gasteiger partial charge in [-0.25, -0.2) is 0 Å². The van der Waals surface area contributed by atoms with Crippen molar-refractivity contribution in [2.45, 2.75) is 37.4 Å². The van der Waals surface area contributed by atoms with Crippen LogP contribution in [-0.2, 0) is 26.1 Å². The van der Waals surface area contributed by atoms with Gasteiger partial charge in [0.05, 0.1) is 19.6 Å². The molecule has 4 rings (SSSR count). The van der Waals surface area contributed by atoms with Gasteiger partial charge in [-0.1, -0.05) is 31.2 Å². The number of carbonyl (C=O) groups is 1. The molecule has 29 heavy (non-hydrogen) atoms. The van der Waals surface area contributed by atoms with Gasteiger partial charge >= 0.3 is 5.97 Å². The van der Waals surface area contributed by atoms with Crippen molar-refractivity contribution in [2.24, 2.45) is 0 Å². The average molecular weight is 398 g/mol. The normalized spacial score (nSPS) is 21.8. The van der Waals surface area contributed by atoms with E-state index in [0.717, 1.165) is 35.8 Å². The molecule has 6 nitrogen and oxygen atoms in total. The van der Waals surface area contributed by atoms with Crippen LogP contribution in [0.3, 0.4) is 0 Å². The lowest BCUT2D eigenvalue weighted by Crippen LogP contribution is -2.28. The Morgan fingerprint density at radius 1 is 0.966 bits per heavy atom. The zero-order valence-electron chi connectivity index (χ0n) is 16.5. The molecule has 0 aliphatic carbocycles. The summed E-state index contributed by atoms with van der Waals surface area (Å²) in [5, 5.41) is 9.50. The van der Waals surface area contributed by atoms with Crippen LogP contribution in [0.2, 0.25) is 0 Å². The Balaban J connectivity index is 1.43. The smallest absolute Gasteiger partial charge is 0.304 e. The molecular weight excluding hydrogens is 372 g/mol. The first-order chi connectivity index (χ1) is 14.0. The molecule has 0 saturated carbocycles. The monoisotopic (exact) mass is 398 g/mol. The number of ether oxygens (including phenoxy) is 4. The first-order valence-corrected chi connectivity index (χ1v) is 9.90. The van der Waals surface area contributed by atoms with E-state index in [2.05, 4.69) is 0 Å². The third-order valence-electron chi connectivity index (χ3n) is 5.29. The topological polar surface area (TPSA) is 80.8 Å². The van der Waals surface area contributed by atoms with Gasteiger partial charge in [-0.05, 0) is 41.8 Å². The number of rotatable bonds is 11. The molecule has 1 N–H and O–H groups in total. The summed E-state index contributed by atoms with van der Waals surface area (Å²) in [5.74, 6) is 0.747. The SMILES string of the molecule is CC(CC(=O)O)(Cc1ccc(OCC2CO2)cc1)c1ccc(OCC2CO2)cc1. The van der Waals surface area contributed by atoms with Crippen LogP contribution in [0, 0.1) is 0 Å². The molecule has 0 spiro atoms. The number of hydrogen-bond donors (Lipinski definition) is 1. The fraction of sp³-hybridized carbons (Fsp3) is 0.435. The third-order valence-corrected chi connectivity index (χ3v) is 5.29. The van der Waals surface area contributed by atoms with E-state index >= 15 is 0 Å². The Kier molecular flexibility index (Phi) is 5.74. The van der Waals surface area contributed by atoms with Crippen LogP contribution in [0.25, 0.3) is 0 Å². The van der Waals surface area contributed by atoms with Gasteiger partial charge in [0, 0.05) is 5.41 Å². The van der Waals surface area contributed by atoms with Crippen molar-refractivity contribution in [1.29, 1.82) is 0 Å². The number of epoxide rings is 2. The highest BCUT2D eigenvalue weighted by Gasteiger charge is 2.30. The molecule has 2 aromatic rings. The summed E-state index contributed by atoms with van der Waals surface area (Å²) in [4.78, 5) is 11.6. The minimum Gasteiger partial charge on any atom is -0.491 e. The van der Waals surface area contributed by atoms with Gasteiger partial charge in [-0.2, -0.15) is 0 Å². The molecule has 0 bridgehead atoms. The highest BCUT2D eigenvalue weighted by molar-refractivity contribution is 5.69. The van der Waals surface area contributed by atoms with Crippen molar-refractivity contribution in [3.8, 4) is 11.5 Å². The maximum Gasteiger partial charge on any atom is 0.304 e. The van der Waals surface area contributed by atoms with Gasteiger partial charge in [0.2, 0.25) is 0 Å². The minimum atomic E-state index is -0.817. The van der Waals surface area contributed by atoms with Gasteiger partial charge < -0.3 is 24.1 Å². The van der Waals surface area contributed by atoms with E-state index in [1.54, 1.807) is 0 Å². The van der Waals surface area contributed by atoms with Gasteiger partial charge in [0.15, 0.2) is 0 Å². The Labute approximate surface area is 170 Å². The zero-order chi connectivity index (χ0) is 20.3. The molecule has 2 aromatic carbocycles. The molecule has 0 aromatic heterocycles. The van der Waals surface area contributed by atoms with Crippen LogP contribution in [0.4, 0.5) is 0 Å². The van der Waals surface area contributed by atoms with Crippen molar-refractivity contribution in [2.75, 3.05) is 26.4 Å². The summed E-state index contributed by atoms with van der Waals surface area (Å²) >= 11 is 0. The zero-order valence-corrected chi connectivity index (χ0v) is 16.5. The second kappa shape index (κ2) is 8.43. The van der Waals surface area contributed by atoms with Gasteiger partial charge in [-0.3, -0.25) is 4.79 Å². The molecule has 0 amide bonds. The Bertz CT molecular complexity index is 823. The van der Waals surface area contributed by atoms with Crippen molar-refractivity contribution in [1.82, 2.24) is 0 Å². The Morgan fingerprint density at radius 2 is 1.45 bits per heavy atom. The van der Waals surface area contributed by atoms with Crippen molar-refractivity contribution >= 4 is 5.97 Å². The summed E-state index contributed by atoms with van der Waals surface area (Å²) in [6, 6.07) is 15.6. The van der Waals surface area contributed by atoms with E-state index in [9.17, 15) is 9.90 Å². The average Bonchev–Trinajstić information content (AvgIpc) is 3.61. The molecule has 2 fully saturated rings. The van der Waals surface area contributed by atoms with Gasteiger partial charge in [0.1, 0.15) is 36.9 Å². The van der Waals surface area contributed by atoms with E-state index < -0.39 is 11.4 Å². The molecule has 2 aliphatic rings. The maximum atomic E-state index is 11.6. The lowest BCUT2D eigenvalue weighted by atomic mass is 9.75. The lowest BCUT2D eigenvalue weighted by Gasteiger charge is -2.29. The molecule has 2 saturated heterocycles. The summed E-state index contributed by atoms with van der Waals surface area (Å²) < 4.78 is 21.7. The van der Waals surface area contributed by atoms with Crippen molar-refractivity contribution in [3.63, 3.8) is 0 Å². The van der Waals surface area contributed by atoms with Gasteiger partial charge in [-0.15, -0.1) is 0 Å². The molecule has 2 aliphatic heterocycles. The highest BCUT2D eigenvalue weighted by atomic mass is 16.6. The number of carboxylic acids is 1. The fourth-order valence-corrected chi connectivity index (χ4v) is 3.41. The molecule has 154 valence electrons. The van der Waals surface area contributed by atoms with Crippen LogP contribution in [0.5, 0.6) is 11.5 Å². The van der Waals surface area contributed by atoms with Crippen LogP contribution >= 0.6 is 0 Å². The van der Waals surface area contributed by atoms with Gasteiger partial charge in [0.25, 0.3) is 0 Å². The Hall–Kier alpha value is -2.57. The summed E-state index contributed by atoms with van der Waals surface area (Å²) in [6.07, 6.45) is 1.08. The van der Waals surface area contributed by atoms with E-state index in [-0.39, 0.29) is 18.6 Å². The van der Waals surface area contributed by atoms with Crippen molar-refractivity contribution < 1.29 is 28.8 Å². The number of carboxylic acid groups (broad SMARTS) is 1. The van der Waals surface area contributed by atoms with Crippen LogP contribution in [-0.4, -0.2) is 49.7 Å². The second-order valence-electron chi connectivity index (χ2n) is 8.01. The largest absolute Gasteiger partial charge is 0.491 e. The van der Waals surface area contributed by atoms with Crippen LogP contribution in [0.1, 0.15) is 24.5 Å². The quantitative estimate of drug-likeness (QED) is 0.586.